The lowest BCUT2D eigenvalue weighted by Crippen LogP contribution is -2.02. The molecule has 0 saturated heterocycles. The number of nitrogens with zero attached hydrogens (tertiary/aromatic N) is 2. The van der Waals surface area contributed by atoms with Crippen molar-refractivity contribution >= 4 is 23.1 Å². The Kier molecular flexibility index (Phi) is 3.29. The van der Waals surface area contributed by atoms with Gasteiger partial charge in [-0.05, 0) is 43.0 Å². The van der Waals surface area contributed by atoms with Crippen LogP contribution in [0.1, 0.15) is 23.2 Å². The van der Waals surface area contributed by atoms with Crippen molar-refractivity contribution < 1.29 is 4.39 Å². The number of hydrogen-bond donors (Lipinski definition) is 1. The van der Waals surface area contributed by atoms with E-state index < -0.39 is 5.82 Å². The Morgan fingerprint density at radius 1 is 1.35 bits per heavy atom. The maximum Gasteiger partial charge on any atom is 0.148 e. The molecule has 0 amide bonds. The third-order valence-corrected chi connectivity index (χ3v) is 3.69. The molecule has 0 spiro atoms. The maximum atomic E-state index is 13.8. The summed E-state index contributed by atoms with van der Waals surface area (Å²) in [5, 5.41) is 12.3. The summed E-state index contributed by atoms with van der Waals surface area (Å²) in [5.41, 5.74) is 2.63. The molecule has 1 aromatic heterocycles. The molecule has 0 aliphatic heterocycles. The summed E-state index contributed by atoms with van der Waals surface area (Å²) in [5.74, 6) is -0.108. The molecule has 1 aliphatic carbocycles. The van der Waals surface area contributed by atoms with E-state index >= 15 is 0 Å². The van der Waals surface area contributed by atoms with Crippen LogP contribution in [0.3, 0.4) is 0 Å². The van der Waals surface area contributed by atoms with Crippen LogP contribution in [-0.4, -0.2) is 4.98 Å². The highest BCUT2D eigenvalue weighted by Gasteiger charge is 2.18. The van der Waals surface area contributed by atoms with Crippen molar-refractivity contribution in [2.24, 2.45) is 0 Å². The first kappa shape index (κ1) is 12.9. The zero-order chi connectivity index (χ0) is 14.1. The molecule has 1 aliphatic rings. The standard InChI is InChI=1S/C15H11ClFN3/c16-11-4-2-5-12(17)14(11)20-15-10(8-18)7-9-3-1-6-13(9)19-15/h2,4-5,7H,1,3,6H2,(H,19,20). The normalized spacial score (nSPS) is 12.8. The predicted octanol–water partition coefficient (Wildman–Crippen LogP) is 3.98. The van der Waals surface area contributed by atoms with E-state index in [-0.39, 0.29) is 10.7 Å². The van der Waals surface area contributed by atoms with Crippen molar-refractivity contribution in [2.45, 2.75) is 19.3 Å². The summed E-state index contributed by atoms with van der Waals surface area (Å²) >= 11 is 5.98. The number of aromatic nitrogens is 1. The van der Waals surface area contributed by atoms with Gasteiger partial charge in [0.1, 0.15) is 17.7 Å². The first-order valence-corrected chi connectivity index (χ1v) is 6.71. The fraction of sp³-hybridized carbons (Fsp3) is 0.200. The van der Waals surface area contributed by atoms with Crippen LogP contribution < -0.4 is 5.32 Å². The number of benzene rings is 1. The Labute approximate surface area is 121 Å². The molecule has 5 heteroatoms. The average Bonchev–Trinajstić information content (AvgIpc) is 2.89. The second-order valence-electron chi connectivity index (χ2n) is 4.68. The smallest absolute Gasteiger partial charge is 0.148 e. The number of para-hydroxylation sites is 1. The Hall–Kier alpha value is -2.12. The van der Waals surface area contributed by atoms with Gasteiger partial charge in [-0.25, -0.2) is 9.37 Å². The average molecular weight is 288 g/mol. The lowest BCUT2D eigenvalue weighted by molar-refractivity contribution is 0.632. The maximum absolute atomic E-state index is 13.8. The van der Waals surface area contributed by atoms with Crippen LogP contribution in [0.25, 0.3) is 0 Å². The summed E-state index contributed by atoms with van der Waals surface area (Å²) in [6.07, 6.45) is 2.87. The van der Waals surface area contributed by atoms with Gasteiger partial charge in [-0.3, -0.25) is 0 Å². The van der Waals surface area contributed by atoms with Crippen LogP contribution in [0.4, 0.5) is 15.9 Å². The number of halogens is 2. The fourth-order valence-electron chi connectivity index (χ4n) is 2.39. The number of pyridine rings is 1. The van der Waals surface area contributed by atoms with Gasteiger partial charge < -0.3 is 5.32 Å². The van der Waals surface area contributed by atoms with Gasteiger partial charge >= 0.3 is 0 Å². The number of aryl methyl sites for hydroxylation is 2. The molecular weight excluding hydrogens is 277 g/mol. The lowest BCUT2D eigenvalue weighted by Gasteiger charge is -2.11. The van der Waals surface area contributed by atoms with E-state index in [4.69, 9.17) is 11.6 Å². The van der Waals surface area contributed by atoms with Gasteiger partial charge in [0.25, 0.3) is 0 Å². The summed E-state index contributed by atoms with van der Waals surface area (Å²) in [4.78, 5) is 4.44. The van der Waals surface area contributed by atoms with Crippen molar-refractivity contribution in [3.63, 3.8) is 0 Å². The molecule has 0 unspecified atom stereocenters. The molecule has 0 bridgehead atoms. The number of nitrogens with one attached hydrogen (secondary N) is 1. The summed E-state index contributed by atoms with van der Waals surface area (Å²) in [7, 11) is 0. The Morgan fingerprint density at radius 2 is 2.20 bits per heavy atom. The molecule has 1 heterocycles. The highest BCUT2D eigenvalue weighted by Crippen LogP contribution is 2.31. The van der Waals surface area contributed by atoms with E-state index in [2.05, 4.69) is 16.4 Å². The van der Waals surface area contributed by atoms with Crippen LogP contribution in [-0.2, 0) is 12.8 Å². The number of hydrogen-bond acceptors (Lipinski definition) is 3. The monoisotopic (exact) mass is 287 g/mol. The van der Waals surface area contributed by atoms with Crippen LogP contribution >= 0.6 is 11.6 Å². The van der Waals surface area contributed by atoms with E-state index in [1.54, 1.807) is 6.07 Å². The van der Waals surface area contributed by atoms with E-state index in [1.807, 2.05) is 6.07 Å². The molecule has 100 valence electrons. The molecule has 1 N–H and O–H groups in total. The van der Waals surface area contributed by atoms with Crippen molar-refractivity contribution in [1.29, 1.82) is 5.26 Å². The quantitative estimate of drug-likeness (QED) is 0.909. The van der Waals surface area contributed by atoms with E-state index in [1.165, 1.54) is 12.1 Å². The molecule has 0 radical (unpaired) electrons. The number of anilines is 2. The number of nitriles is 1. The molecule has 2 aromatic rings. The van der Waals surface area contributed by atoms with Crippen LogP contribution in [0.15, 0.2) is 24.3 Å². The Morgan fingerprint density at radius 3 is 2.95 bits per heavy atom. The van der Waals surface area contributed by atoms with Gasteiger partial charge in [0.05, 0.1) is 16.3 Å². The van der Waals surface area contributed by atoms with Crippen LogP contribution in [0.2, 0.25) is 5.02 Å². The molecule has 0 fully saturated rings. The van der Waals surface area contributed by atoms with Crippen molar-refractivity contribution in [3.05, 3.63) is 51.9 Å². The topological polar surface area (TPSA) is 48.7 Å². The predicted molar refractivity (Wildman–Crippen MR) is 75.7 cm³/mol. The van der Waals surface area contributed by atoms with Crippen LogP contribution in [0, 0.1) is 17.1 Å². The molecule has 0 saturated carbocycles. The molecular formula is C15H11ClFN3. The second-order valence-corrected chi connectivity index (χ2v) is 5.08. The highest BCUT2D eigenvalue weighted by molar-refractivity contribution is 6.33. The van der Waals surface area contributed by atoms with E-state index in [9.17, 15) is 9.65 Å². The first-order valence-electron chi connectivity index (χ1n) is 6.33. The number of fused-ring (bicyclic) bond motifs is 1. The minimum Gasteiger partial charge on any atom is -0.336 e. The van der Waals surface area contributed by atoms with Crippen molar-refractivity contribution in [3.8, 4) is 6.07 Å². The lowest BCUT2D eigenvalue weighted by atomic mass is 10.1. The third kappa shape index (κ3) is 2.21. The van der Waals surface area contributed by atoms with E-state index in [0.29, 0.717) is 11.4 Å². The second kappa shape index (κ2) is 5.10. The highest BCUT2D eigenvalue weighted by atomic mass is 35.5. The summed E-state index contributed by atoms with van der Waals surface area (Å²) < 4.78 is 13.8. The largest absolute Gasteiger partial charge is 0.336 e. The Bertz CT molecular complexity index is 702. The molecule has 3 rings (SSSR count). The van der Waals surface area contributed by atoms with Gasteiger partial charge in [-0.2, -0.15) is 5.26 Å². The van der Waals surface area contributed by atoms with Crippen molar-refractivity contribution in [1.82, 2.24) is 4.98 Å². The molecule has 3 nitrogen and oxygen atoms in total. The SMILES string of the molecule is N#Cc1cc2c(nc1Nc1c(F)cccc1Cl)CCC2. The van der Waals surface area contributed by atoms with Gasteiger partial charge in [-0.1, -0.05) is 17.7 Å². The van der Waals surface area contributed by atoms with Gasteiger partial charge in [0, 0.05) is 5.69 Å². The molecule has 0 atom stereocenters. The first-order chi connectivity index (χ1) is 9.69. The van der Waals surface area contributed by atoms with Gasteiger partial charge in [-0.15, -0.1) is 0 Å². The van der Waals surface area contributed by atoms with Gasteiger partial charge in [0.15, 0.2) is 0 Å². The van der Waals surface area contributed by atoms with Crippen molar-refractivity contribution in [2.75, 3.05) is 5.32 Å². The number of rotatable bonds is 2. The summed E-state index contributed by atoms with van der Waals surface area (Å²) in [6, 6.07) is 8.35. The summed E-state index contributed by atoms with van der Waals surface area (Å²) in [6.45, 7) is 0. The van der Waals surface area contributed by atoms with Crippen LogP contribution in [0.5, 0.6) is 0 Å². The minimum absolute atomic E-state index is 0.149. The Balaban J connectivity index is 2.05. The molecule has 1 aromatic carbocycles. The fourth-order valence-corrected chi connectivity index (χ4v) is 2.60. The van der Waals surface area contributed by atoms with Gasteiger partial charge in [0.2, 0.25) is 0 Å². The van der Waals surface area contributed by atoms with E-state index in [0.717, 1.165) is 30.5 Å². The molecule has 20 heavy (non-hydrogen) atoms. The third-order valence-electron chi connectivity index (χ3n) is 3.38. The minimum atomic E-state index is -0.469. The zero-order valence-electron chi connectivity index (χ0n) is 10.6. The zero-order valence-corrected chi connectivity index (χ0v) is 11.3.